The zero-order chi connectivity index (χ0) is 13.1. The molecular formula is C14H10F2O2. The summed E-state index contributed by atoms with van der Waals surface area (Å²) in [4.78, 5) is 11.6. The molecule has 0 N–H and O–H groups in total. The van der Waals surface area contributed by atoms with Gasteiger partial charge in [-0.05, 0) is 41.5 Å². The zero-order valence-corrected chi connectivity index (χ0v) is 9.61. The predicted octanol–water partition coefficient (Wildman–Crippen LogP) is 3.42. The molecule has 0 aliphatic rings. The summed E-state index contributed by atoms with van der Waals surface area (Å²) in [5.74, 6) is -1.42. The highest BCUT2D eigenvalue weighted by Crippen LogP contribution is 2.25. The van der Waals surface area contributed by atoms with Crippen LogP contribution in [0.15, 0.2) is 42.5 Å². The molecule has 18 heavy (non-hydrogen) atoms. The van der Waals surface area contributed by atoms with Crippen LogP contribution in [-0.4, -0.2) is 13.1 Å². The summed E-state index contributed by atoms with van der Waals surface area (Å²) < 4.78 is 30.7. The summed E-state index contributed by atoms with van der Waals surface area (Å²) in [6, 6.07) is 9.22. The van der Waals surface area contributed by atoms with Crippen LogP contribution in [0.5, 0.6) is 0 Å². The summed E-state index contributed by atoms with van der Waals surface area (Å²) in [6.07, 6.45) is 0. The maximum Gasteiger partial charge on any atom is 0.338 e. The molecule has 0 aliphatic carbocycles. The molecule has 0 aliphatic heterocycles. The Hall–Kier alpha value is -2.23. The van der Waals surface area contributed by atoms with Gasteiger partial charge in [0.2, 0.25) is 0 Å². The molecule has 92 valence electrons. The van der Waals surface area contributed by atoms with Gasteiger partial charge in [0.25, 0.3) is 0 Å². The Bertz CT molecular complexity index is 577. The van der Waals surface area contributed by atoms with Crippen LogP contribution in [0.4, 0.5) is 8.78 Å². The zero-order valence-electron chi connectivity index (χ0n) is 9.61. The van der Waals surface area contributed by atoms with Gasteiger partial charge in [-0.15, -0.1) is 0 Å². The first-order chi connectivity index (χ1) is 8.61. The SMILES string of the molecule is COC(=O)c1ccc(F)cc1-c1ccc(F)cc1. The fourth-order valence-electron chi connectivity index (χ4n) is 1.67. The van der Waals surface area contributed by atoms with Gasteiger partial charge in [-0.1, -0.05) is 12.1 Å². The highest BCUT2D eigenvalue weighted by Gasteiger charge is 2.14. The number of hydrogen-bond acceptors (Lipinski definition) is 2. The van der Waals surface area contributed by atoms with Crippen LogP contribution >= 0.6 is 0 Å². The number of methoxy groups -OCH3 is 1. The van der Waals surface area contributed by atoms with E-state index >= 15 is 0 Å². The van der Waals surface area contributed by atoms with Crippen LogP contribution < -0.4 is 0 Å². The van der Waals surface area contributed by atoms with E-state index in [4.69, 9.17) is 0 Å². The second kappa shape index (κ2) is 4.96. The lowest BCUT2D eigenvalue weighted by Crippen LogP contribution is -2.04. The lowest BCUT2D eigenvalue weighted by Gasteiger charge is -2.08. The molecule has 0 unspecified atom stereocenters. The summed E-state index contributed by atoms with van der Waals surface area (Å²) in [5.41, 5.74) is 1.17. The van der Waals surface area contributed by atoms with E-state index in [0.717, 1.165) is 0 Å². The molecule has 2 aromatic rings. The van der Waals surface area contributed by atoms with Crippen molar-refractivity contribution < 1.29 is 18.3 Å². The summed E-state index contributed by atoms with van der Waals surface area (Å²) in [6.45, 7) is 0. The standard InChI is InChI=1S/C14H10F2O2/c1-18-14(17)12-7-6-11(16)8-13(12)9-2-4-10(15)5-3-9/h2-8H,1H3. The molecular weight excluding hydrogens is 238 g/mol. The van der Waals surface area contributed by atoms with Gasteiger partial charge in [0, 0.05) is 0 Å². The van der Waals surface area contributed by atoms with Crippen molar-refractivity contribution in [2.24, 2.45) is 0 Å². The van der Waals surface area contributed by atoms with E-state index in [2.05, 4.69) is 4.74 Å². The molecule has 0 saturated carbocycles. The number of halogens is 2. The van der Waals surface area contributed by atoms with E-state index in [9.17, 15) is 13.6 Å². The highest BCUT2D eigenvalue weighted by atomic mass is 19.1. The van der Waals surface area contributed by atoms with E-state index < -0.39 is 17.6 Å². The molecule has 2 rings (SSSR count). The molecule has 0 radical (unpaired) electrons. The third-order valence-electron chi connectivity index (χ3n) is 2.54. The molecule has 0 spiro atoms. The van der Waals surface area contributed by atoms with Crippen molar-refractivity contribution >= 4 is 5.97 Å². The predicted molar refractivity (Wildman–Crippen MR) is 63.1 cm³/mol. The van der Waals surface area contributed by atoms with Gasteiger partial charge in [0.15, 0.2) is 0 Å². The lowest BCUT2D eigenvalue weighted by molar-refractivity contribution is 0.0601. The maximum atomic E-state index is 13.3. The van der Waals surface area contributed by atoms with Crippen LogP contribution in [0.25, 0.3) is 11.1 Å². The fraction of sp³-hybridized carbons (Fsp3) is 0.0714. The average Bonchev–Trinajstić information content (AvgIpc) is 2.38. The molecule has 0 amide bonds. The largest absolute Gasteiger partial charge is 0.465 e. The van der Waals surface area contributed by atoms with Crippen molar-refractivity contribution in [1.29, 1.82) is 0 Å². The molecule has 0 atom stereocenters. The third kappa shape index (κ3) is 2.37. The van der Waals surface area contributed by atoms with Gasteiger partial charge in [-0.25, -0.2) is 13.6 Å². The summed E-state index contributed by atoms with van der Waals surface area (Å²) in [7, 11) is 1.25. The number of hydrogen-bond donors (Lipinski definition) is 0. The van der Waals surface area contributed by atoms with E-state index in [1.807, 2.05) is 0 Å². The van der Waals surface area contributed by atoms with Crippen LogP contribution in [0.1, 0.15) is 10.4 Å². The van der Waals surface area contributed by atoms with Gasteiger partial charge < -0.3 is 4.74 Å². The van der Waals surface area contributed by atoms with Gasteiger partial charge in [-0.2, -0.15) is 0 Å². The Balaban J connectivity index is 2.57. The second-order valence-corrected chi connectivity index (χ2v) is 3.69. The monoisotopic (exact) mass is 248 g/mol. The first-order valence-electron chi connectivity index (χ1n) is 5.25. The highest BCUT2D eigenvalue weighted by molar-refractivity contribution is 5.97. The Kier molecular flexibility index (Phi) is 3.37. The second-order valence-electron chi connectivity index (χ2n) is 3.69. The van der Waals surface area contributed by atoms with Crippen LogP contribution in [-0.2, 0) is 4.74 Å². The van der Waals surface area contributed by atoms with Crippen molar-refractivity contribution in [3.8, 4) is 11.1 Å². The first kappa shape index (κ1) is 12.2. The van der Waals surface area contributed by atoms with Crippen LogP contribution in [0, 0.1) is 11.6 Å². The van der Waals surface area contributed by atoms with Crippen molar-refractivity contribution in [3.63, 3.8) is 0 Å². The molecule has 0 bridgehead atoms. The topological polar surface area (TPSA) is 26.3 Å². The normalized spacial score (nSPS) is 10.2. The number of carbonyl (C=O) groups excluding carboxylic acids is 1. The Morgan fingerprint density at radius 2 is 1.61 bits per heavy atom. The van der Waals surface area contributed by atoms with Crippen molar-refractivity contribution in [3.05, 3.63) is 59.7 Å². The number of benzene rings is 2. The van der Waals surface area contributed by atoms with Gasteiger partial charge in [0.1, 0.15) is 11.6 Å². The number of carbonyl (C=O) groups is 1. The Morgan fingerprint density at radius 3 is 2.22 bits per heavy atom. The molecule has 0 saturated heterocycles. The summed E-state index contributed by atoms with van der Waals surface area (Å²) in [5, 5.41) is 0. The molecule has 4 heteroatoms. The van der Waals surface area contributed by atoms with Crippen LogP contribution in [0.3, 0.4) is 0 Å². The maximum absolute atomic E-state index is 13.3. The quantitative estimate of drug-likeness (QED) is 0.761. The molecule has 2 nitrogen and oxygen atoms in total. The smallest absolute Gasteiger partial charge is 0.338 e. The van der Waals surface area contributed by atoms with Crippen molar-refractivity contribution in [2.45, 2.75) is 0 Å². The van der Waals surface area contributed by atoms with Crippen molar-refractivity contribution in [2.75, 3.05) is 7.11 Å². The minimum absolute atomic E-state index is 0.241. The fourth-order valence-corrected chi connectivity index (χ4v) is 1.67. The Morgan fingerprint density at radius 1 is 1.00 bits per heavy atom. The van der Waals surface area contributed by atoms with E-state index in [1.54, 1.807) is 0 Å². The van der Waals surface area contributed by atoms with Gasteiger partial charge in [-0.3, -0.25) is 0 Å². The van der Waals surface area contributed by atoms with Gasteiger partial charge >= 0.3 is 5.97 Å². The first-order valence-corrected chi connectivity index (χ1v) is 5.25. The number of ether oxygens (including phenoxy) is 1. The molecule has 2 aromatic carbocycles. The van der Waals surface area contributed by atoms with Crippen molar-refractivity contribution in [1.82, 2.24) is 0 Å². The number of esters is 1. The van der Waals surface area contributed by atoms with Crippen LogP contribution in [0.2, 0.25) is 0 Å². The molecule has 0 aromatic heterocycles. The number of rotatable bonds is 2. The molecule has 0 fully saturated rings. The third-order valence-corrected chi connectivity index (χ3v) is 2.54. The van der Waals surface area contributed by atoms with E-state index in [0.29, 0.717) is 11.1 Å². The lowest BCUT2D eigenvalue weighted by atomic mass is 9.99. The Labute approximate surface area is 103 Å². The average molecular weight is 248 g/mol. The molecule has 0 heterocycles. The van der Waals surface area contributed by atoms with Gasteiger partial charge in [0.05, 0.1) is 12.7 Å². The van der Waals surface area contributed by atoms with E-state index in [1.165, 1.54) is 49.6 Å². The minimum atomic E-state index is -0.561. The summed E-state index contributed by atoms with van der Waals surface area (Å²) >= 11 is 0. The minimum Gasteiger partial charge on any atom is -0.465 e. The van der Waals surface area contributed by atoms with E-state index in [-0.39, 0.29) is 5.56 Å².